The standard InChI is InChI=1S/C17H19N5OS/c1-21-15(19-20-17(21)24)14-6-3-9-22(11-14)16(23)13-5-2-4-12(10-13)7-8-18/h2,4-5,10,14H,3,6-7,9,11H2,1H3,(H,20,24). The van der Waals surface area contributed by atoms with Crippen LogP contribution in [-0.4, -0.2) is 38.7 Å². The summed E-state index contributed by atoms with van der Waals surface area (Å²) >= 11 is 5.18. The lowest BCUT2D eigenvalue weighted by molar-refractivity contribution is 0.0703. The summed E-state index contributed by atoms with van der Waals surface area (Å²) in [6.07, 6.45) is 2.24. The summed E-state index contributed by atoms with van der Waals surface area (Å²) in [5.41, 5.74) is 1.50. The normalized spacial score (nSPS) is 17.5. The number of nitrogens with one attached hydrogen (secondary N) is 1. The average molecular weight is 341 g/mol. The average Bonchev–Trinajstić information content (AvgIpc) is 2.94. The predicted molar refractivity (Wildman–Crippen MR) is 92.0 cm³/mol. The molecule has 1 atom stereocenters. The predicted octanol–water partition coefficient (Wildman–Crippen LogP) is 2.56. The molecule has 124 valence electrons. The Morgan fingerprint density at radius 2 is 2.38 bits per heavy atom. The number of piperidine rings is 1. The fourth-order valence-corrected chi connectivity index (χ4v) is 3.32. The van der Waals surface area contributed by atoms with Gasteiger partial charge in [0.2, 0.25) is 0 Å². The summed E-state index contributed by atoms with van der Waals surface area (Å²) in [4.78, 5) is 14.7. The first-order valence-corrected chi connectivity index (χ1v) is 8.37. The number of hydrogen-bond donors (Lipinski definition) is 1. The minimum absolute atomic E-state index is 0.0104. The first-order valence-electron chi connectivity index (χ1n) is 7.96. The van der Waals surface area contributed by atoms with E-state index in [-0.39, 0.29) is 11.8 Å². The van der Waals surface area contributed by atoms with Crippen LogP contribution in [0.1, 0.15) is 40.5 Å². The first kappa shape index (κ1) is 16.4. The van der Waals surface area contributed by atoms with E-state index in [9.17, 15) is 4.79 Å². The minimum atomic E-state index is 0.0104. The maximum Gasteiger partial charge on any atom is 0.253 e. The molecule has 6 nitrogen and oxygen atoms in total. The van der Waals surface area contributed by atoms with Gasteiger partial charge in [0, 0.05) is 31.6 Å². The van der Waals surface area contributed by atoms with E-state index in [2.05, 4.69) is 16.3 Å². The van der Waals surface area contributed by atoms with Crippen molar-refractivity contribution in [1.82, 2.24) is 19.7 Å². The Balaban J connectivity index is 1.78. The fourth-order valence-electron chi connectivity index (χ4n) is 3.18. The number of nitriles is 1. The Morgan fingerprint density at radius 3 is 3.08 bits per heavy atom. The molecule has 1 unspecified atom stereocenters. The Bertz CT molecular complexity index is 847. The van der Waals surface area contributed by atoms with Crippen LogP contribution in [-0.2, 0) is 13.5 Å². The van der Waals surface area contributed by atoms with E-state index in [1.807, 2.05) is 40.8 Å². The number of H-pyrrole nitrogens is 1. The SMILES string of the molecule is Cn1c(C2CCCN(C(=O)c3cccc(CC#N)c3)C2)n[nH]c1=S. The molecule has 1 aliphatic rings. The third-order valence-electron chi connectivity index (χ3n) is 4.45. The van der Waals surface area contributed by atoms with Gasteiger partial charge in [0.15, 0.2) is 4.77 Å². The van der Waals surface area contributed by atoms with Crippen LogP contribution in [0.15, 0.2) is 24.3 Å². The molecule has 3 rings (SSSR count). The number of rotatable bonds is 3. The van der Waals surface area contributed by atoms with Gasteiger partial charge < -0.3 is 9.47 Å². The Hall–Kier alpha value is -2.46. The largest absolute Gasteiger partial charge is 0.338 e. The van der Waals surface area contributed by atoms with Crippen molar-refractivity contribution in [2.45, 2.75) is 25.2 Å². The zero-order chi connectivity index (χ0) is 17.1. The smallest absolute Gasteiger partial charge is 0.253 e. The van der Waals surface area contributed by atoms with Gasteiger partial charge >= 0.3 is 0 Å². The van der Waals surface area contributed by atoms with Crippen molar-refractivity contribution in [2.24, 2.45) is 7.05 Å². The van der Waals surface area contributed by atoms with E-state index < -0.39 is 0 Å². The highest BCUT2D eigenvalue weighted by Crippen LogP contribution is 2.26. The highest BCUT2D eigenvalue weighted by Gasteiger charge is 2.28. The van der Waals surface area contributed by atoms with E-state index in [4.69, 9.17) is 17.5 Å². The van der Waals surface area contributed by atoms with Crippen LogP contribution in [0.2, 0.25) is 0 Å². The Labute approximate surface area is 145 Å². The van der Waals surface area contributed by atoms with Crippen molar-refractivity contribution < 1.29 is 4.79 Å². The topological polar surface area (TPSA) is 77.7 Å². The number of aromatic amines is 1. The van der Waals surface area contributed by atoms with Crippen molar-refractivity contribution in [3.8, 4) is 6.07 Å². The quantitative estimate of drug-likeness (QED) is 0.871. The van der Waals surface area contributed by atoms with Crippen LogP contribution in [0.5, 0.6) is 0 Å². The van der Waals surface area contributed by atoms with Gasteiger partial charge in [-0.1, -0.05) is 12.1 Å². The van der Waals surface area contributed by atoms with Gasteiger partial charge in [0.05, 0.1) is 12.5 Å². The first-order chi connectivity index (χ1) is 11.6. The minimum Gasteiger partial charge on any atom is -0.338 e. The second kappa shape index (κ2) is 6.97. The second-order valence-corrected chi connectivity index (χ2v) is 6.46. The lowest BCUT2D eigenvalue weighted by Gasteiger charge is -2.32. The molecular weight excluding hydrogens is 322 g/mol. The molecule has 1 aliphatic heterocycles. The number of likely N-dealkylation sites (tertiary alicyclic amines) is 1. The third kappa shape index (κ3) is 3.24. The molecule has 1 fully saturated rings. The molecular formula is C17H19N5OS. The number of benzene rings is 1. The molecule has 1 amide bonds. The summed E-state index contributed by atoms with van der Waals surface area (Å²) in [5.74, 6) is 1.09. The summed E-state index contributed by atoms with van der Waals surface area (Å²) in [7, 11) is 1.90. The Kier molecular flexibility index (Phi) is 4.76. The van der Waals surface area contributed by atoms with Crippen LogP contribution in [0.4, 0.5) is 0 Å². The summed E-state index contributed by atoms with van der Waals surface area (Å²) in [6, 6.07) is 9.44. The van der Waals surface area contributed by atoms with Gasteiger partial charge in [-0.15, -0.1) is 0 Å². The van der Waals surface area contributed by atoms with E-state index in [0.717, 1.165) is 30.8 Å². The van der Waals surface area contributed by atoms with Crippen molar-refractivity contribution >= 4 is 18.1 Å². The van der Waals surface area contributed by atoms with Gasteiger partial charge in [0.1, 0.15) is 5.82 Å². The van der Waals surface area contributed by atoms with Crippen molar-refractivity contribution in [3.05, 3.63) is 46.0 Å². The summed E-state index contributed by atoms with van der Waals surface area (Å²) in [5, 5.41) is 15.9. The van der Waals surface area contributed by atoms with Gasteiger partial charge in [-0.3, -0.25) is 9.89 Å². The molecule has 0 bridgehead atoms. The highest BCUT2D eigenvalue weighted by molar-refractivity contribution is 7.71. The zero-order valence-electron chi connectivity index (χ0n) is 13.5. The van der Waals surface area contributed by atoms with E-state index in [1.165, 1.54) is 0 Å². The molecule has 0 radical (unpaired) electrons. The molecule has 0 aliphatic carbocycles. The number of nitrogens with zero attached hydrogens (tertiary/aromatic N) is 4. The lowest BCUT2D eigenvalue weighted by atomic mass is 9.96. The van der Waals surface area contributed by atoms with E-state index >= 15 is 0 Å². The van der Waals surface area contributed by atoms with Crippen molar-refractivity contribution in [1.29, 1.82) is 5.26 Å². The van der Waals surface area contributed by atoms with Gasteiger partial charge in [-0.25, -0.2) is 0 Å². The number of hydrogen-bond acceptors (Lipinski definition) is 4. The van der Waals surface area contributed by atoms with Gasteiger partial charge in [0.25, 0.3) is 5.91 Å². The van der Waals surface area contributed by atoms with Crippen LogP contribution in [0.25, 0.3) is 0 Å². The molecule has 2 aromatic rings. The van der Waals surface area contributed by atoms with E-state index in [0.29, 0.717) is 23.3 Å². The number of carbonyl (C=O) groups excluding carboxylic acids is 1. The highest BCUT2D eigenvalue weighted by atomic mass is 32.1. The maximum atomic E-state index is 12.8. The summed E-state index contributed by atoms with van der Waals surface area (Å²) in [6.45, 7) is 1.38. The number of aromatic nitrogens is 3. The molecule has 1 aromatic carbocycles. The zero-order valence-corrected chi connectivity index (χ0v) is 14.3. The van der Waals surface area contributed by atoms with E-state index in [1.54, 1.807) is 0 Å². The molecule has 7 heteroatoms. The third-order valence-corrected chi connectivity index (χ3v) is 4.81. The van der Waals surface area contributed by atoms with Crippen LogP contribution < -0.4 is 0 Å². The Morgan fingerprint density at radius 1 is 1.54 bits per heavy atom. The van der Waals surface area contributed by atoms with Crippen LogP contribution in [0.3, 0.4) is 0 Å². The maximum absolute atomic E-state index is 12.8. The second-order valence-electron chi connectivity index (χ2n) is 6.07. The number of carbonyl (C=O) groups is 1. The molecule has 0 saturated carbocycles. The van der Waals surface area contributed by atoms with Gasteiger partial charge in [-0.05, 0) is 42.8 Å². The van der Waals surface area contributed by atoms with Gasteiger partial charge in [-0.2, -0.15) is 10.4 Å². The van der Waals surface area contributed by atoms with Crippen LogP contribution in [0, 0.1) is 16.1 Å². The monoisotopic (exact) mass is 341 g/mol. The molecule has 24 heavy (non-hydrogen) atoms. The molecule has 1 N–H and O–H groups in total. The summed E-state index contributed by atoms with van der Waals surface area (Å²) < 4.78 is 2.47. The van der Waals surface area contributed by atoms with Crippen molar-refractivity contribution in [3.63, 3.8) is 0 Å². The lowest BCUT2D eigenvalue weighted by Crippen LogP contribution is -2.39. The molecule has 1 aromatic heterocycles. The van der Waals surface area contributed by atoms with Crippen molar-refractivity contribution in [2.75, 3.05) is 13.1 Å². The number of amides is 1. The molecule has 1 saturated heterocycles. The molecule has 2 heterocycles. The van der Waals surface area contributed by atoms with Crippen LogP contribution >= 0.6 is 12.2 Å². The fraction of sp³-hybridized carbons (Fsp3) is 0.412. The molecule has 0 spiro atoms.